The summed E-state index contributed by atoms with van der Waals surface area (Å²) in [6, 6.07) is 11.2. The zero-order chi connectivity index (χ0) is 25.7. The molecule has 0 aliphatic carbocycles. The fourth-order valence-electron chi connectivity index (χ4n) is 5.28. The summed E-state index contributed by atoms with van der Waals surface area (Å²) in [6.45, 7) is 18.7. The molecule has 0 bridgehead atoms. The molecule has 5 nitrogen and oxygen atoms in total. The topological polar surface area (TPSA) is 44.1 Å². The van der Waals surface area contributed by atoms with Crippen LogP contribution in [0.15, 0.2) is 69.6 Å². The van der Waals surface area contributed by atoms with Crippen molar-refractivity contribution in [3.63, 3.8) is 0 Å². The number of allylic oxidation sites excluding steroid dienone is 3. The van der Waals surface area contributed by atoms with Gasteiger partial charge in [-0.2, -0.15) is 0 Å². The predicted octanol–water partition coefficient (Wildman–Crippen LogP) is 8.09. The third kappa shape index (κ3) is 6.37. The van der Waals surface area contributed by atoms with E-state index in [0.717, 1.165) is 50.5 Å². The molecule has 0 saturated carbocycles. The van der Waals surface area contributed by atoms with Gasteiger partial charge in [-0.15, -0.1) is 10.2 Å². The van der Waals surface area contributed by atoms with Crippen molar-refractivity contribution in [2.45, 2.75) is 85.9 Å². The summed E-state index contributed by atoms with van der Waals surface area (Å²) >= 11 is 0. The molecule has 5 heteroatoms. The highest BCUT2D eigenvalue weighted by Crippen LogP contribution is 2.41. The fourth-order valence-corrected chi connectivity index (χ4v) is 5.28. The van der Waals surface area contributed by atoms with Gasteiger partial charge in [-0.3, -0.25) is 14.8 Å². The summed E-state index contributed by atoms with van der Waals surface area (Å²) in [5, 5.41) is 8.39. The molecule has 0 amide bonds. The quantitative estimate of drug-likeness (QED) is 0.273. The van der Waals surface area contributed by atoms with Gasteiger partial charge in [-0.25, -0.2) is 0 Å². The number of hydrogen-bond acceptors (Lipinski definition) is 5. The third-order valence-electron chi connectivity index (χ3n) is 7.86. The maximum atomic E-state index is 4.84. The molecule has 2 aliphatic heterocycles. The lowest BCUT2D eigenvalue weighted by Gasteiger charge is -2.39. The van der Waals surface area contributed by atoms with Crippen LogP contribution in [0, 0.1) is 0 Å². The first-order valence-electron chi connectivity index (χ1n) is 13.6. The molecule has 1 aromatic heterocycles. The van der Waals surface area contributed by atoms with Crippen LogP contribution in [-0.2, 0) is 13.1 Å². The molecule has 0 N–H and O–H groups in total. The van der Waals surface area contributed by atoms with E-state index in [2.05, 4.69) is 91.9 Å². The molecule has 0 atom stereocenters. The predicted molar refractivity (Wildman–Crippen MR) is 150 cm³/mol. The number of hydrogen-bond donors (Lipinski definition) is 0. The second-order valence-electron chi connectivity index (χ2n) is 10.9. The van der Waals surface area contributed by atoms with Crippen molar-refractivity contribution < 1.29 is 0 Å². The average molecular weight is 486 g/mol. The van der Waals surface area contributed by atoms with Gasteiger partial charge in [0.1, 0.15) is 11.4 Å². The molecule has 1 saturated heterocycles. The number of benzene rings is 1. The highest BCUT2D eigenvalue weighted by molar-refractivity contribution is 5.69. The zero-order valence-electron chi connectivity index (χ0n) is 23.1. The van der Waals surface area contributed by atoms with Crippen molar-refractivity contribution in [2.24, 2.45) is 10.2 Å². The van der Waals surface area contributed by atoms with Crippen LogP contribution in [0.1, 0.15) is 83.5 Å². The largest absolute Gasteiger partial charge is 0.299 e. The van der Waals surface area contributed by atoms with Crippen LogP contribution >= 0.6 is 0 Å². The van der Waals surface area contributed by atoms with E-state index in [1.165, 1.54) is 46.4 Å². The number of nitrogens with zero attached hydrogens (tertiary/aromatic N) is 5. The van der Waals surface area contributed by atoms with Gasteiger partial charge in [0.25, 0.3) is 0 Å². The van der Waals surface area contributed by atoms with Crippen LogP contribution in [0.2, 0.25) is 0 Å². The van der Waals surface area contributed by atoms with Crippen LogP contribution in [0.25, 0.3) is 0 Å². The molecule has 1 fully saturated rings. The molecule has 0 spiro atoms. The van der Waals surface area contributed by atoms with Crippen LogP contribution < -0.4 is 0 Å². The van der Waals surface area contributed by atoms with Gasteiger partial charge < -0.3 is 0 Å². The van der Waals surface area contributed by atoms with Gasteiger partial charge >= 0.3 is 0 Å². The minimum Gasteiger partial charge on any atom is -0.299 e. The van der Waals surface area contributed by atoms with Crippen molar-refractivity contribution in [3.8, 4) is 0 Å². The summed E-state index contributed by atoms with van der Waals surface area (Å²) in [5.74, 6) is 0.478. The second kappa shape index (κ2) is 12.1. The van der Waals surface area contributed by atoms with E-state index < -0.39 is 0 Å². The molecule has 2 aromatic rings. The summed E-state index contributed by atoms with van der Waals surface area (Å²) in [5.41, 5.74) is 10.3. The second-order valence-corrected chi connectivity index (χ2v) is 10.9. The molecular weight excluding hydrogens is 442 g/mol. The summed E-state index contributed by atoms with van der Waals surface area (Å²) in [4.78, 5) is 10.1. The van der Waals surface area contributed by atoms with Gasteiger partial charge in [-0.1, -0.05) is 61.8 Å². The number of fused-ring (bicyclic) bond motifs is 1. The number of rotatable bonds is 10. The molecular formula is C31H43N5. The normalized spacial score (nSPS) is 17.4. The van der Waals surface area contributed by atoms with E-state index in [0.29, 0.717) is 12.0 Å². The lowest BCUT2D eigenvalue weighted by atomic mass is 9.97. The smallest absolute Gasteiger partial charge is 0.118 e. The molecule has 0 unspecified atom stereocenters. The Morgan fingerprint density at radius 3 is 2.53 bits per heavy atom. The number of pyridine rings is 1. The molecule has 0 radical (unpaired) electrons. The van der Waals surface area contributed by atoms with Crippen molar-refractivity contribution in [2.75, 3.05) is 19.6 Å². The van der Waals surface area contributed by atoms with Crippen molar-refractivity contribution in [3.05, 3.63) is 76.1 Å². The zero-order valence-corrected chi connectivity index (χ0v) is 23.1. The number of piperidine rings is 1. The SMILES string of the molecule is CC/C(C)=C\C(C)=C(/C)CN(Cc1ncccc1C(C)C)C1CCN(Cc2cccc3c2N=N3)CC1. The summed E-state index contributed by atoms with van der Waals surface area (Å²) in [7, 11) is 0. The number of likely N-dealkylation sites (tertiary alicyclic amines) is 1. The fraction of sp³-hybridized carbons (Fsp3) is 0.516. The van der Waals surface area contributed by atoms with Gasteiger partial charge in [0.2, 0.25) is 0 Å². The average Bonchev–Trinajstić information content (AvgIpc) is 2.85. The first-order valence-corrected chi connectivity index (χ1v) is 13.6. The Balaban J connectivity index is 1.49. The Morgan fingerprint density at radius 2 is 1.86 bits per heavy atom. The number of aromatic nitrogens is 1. The van der Waals surface area contributed by atoms with E-state index in [9.17, 15) is 0 Å². The van der Waals surface area contributed by atoms with Crippen molar-refractivity contribution in [1.29, 1.82) is 0 Å². The molecule has 4 rings (SSSR count). The van der Waals surface area contributed by atoms with Gasteiger partial charge in [0.05, 0.1) is 5.69 Å². The Kier molecular flexibility index (Phi) is 8.86. The minimum absolute atomic E-state index is 0.478. The van der Waals surface area contributed by atoms with Crippen LogP contribution in [0.3, 0.4) is 0 Å². The van der Waals surface area contributed by atoms with E-state index in [1.54, 1.807) is 0 Å². The summed E-state index contributed by atoms with van der Waals surface area (Å²) < 4.78 is 0. The first-order chi connectivity index (χ1) is 17.4. The van der Waals surface area contributed by atoms with Crippen LogP contribution in [-0.4, -0.2) is 40.5 Å². The molecule has 3 heterocycles. The Morgan fingerprint density at radius 1 is 1.08 bits per heavy atom. The highest BCUT2D eigenvalue weighted by Gasteiger charge is 2.27. The van der Waals surface area contributed by atoms with E-state index in [-0.39, 0.29) is 0 Å². The monoisotopic (exact) mass is 485 g/mol. The van der Waals surface area contributed by atoms with E-state index in [1.807, 2.05) is 12.3 Å². The lowest BCUT2D eigenvalue weighted by Crippen LogP contribution is -2.45. The van der Waals surface area contributed by atoms with Gasteiger partial charge in [0, 0.05) is 31.9 Å². The van der Waals surface area contributed by atoms with Crippen molar-refractivity contribution in [1.82, 2.24) is 14.8 Å². The van der Waals surface area contributed by atoms with E-state index >= 15 is 0 Å². The highest BCUT2D eigenvalue weighted by atomic mass is 15.2. The molecule has 36 heavy (non-hydrogen) atoms. The Bertz CT molecular complexity index is 1140. The third-order valence-corrected chi connectivity index (χ3v) is 7.86. The maximum Gasteiger partial charge on any atom is 0.118 e. The minimum atomic E-state index is 0.478. The van der Waals surface area contributed by atoms with Gasteiger partial charge in [-0.05, 0) is 82.3 Å². The molecule has 192 valence electrons. The molecule has 2 aliphatic rings. The lowest BCUT2D eigenvalue weighted by molar-refractivity contribution is 0.105. The van der Waals surface area contributed by atoms with Gasteiger partial charge in [0.15, 0.2) is 0 Å². The van der Waals surface area contributed by atoms with Crippen LogP contribution in [0.5, 0.6) is 0 Å². The Labute approximate surface area is 218 Å². The van der Waals surface area contributed by atoms with E-state index in [4.69, 9.17) is 4.98 Å². The van der Waals surface area contributed by atoms with Crippen LogP contribution in [0.4, 0.5) is 11.4 Å². The number of azo groups is 1. The molecule has 1 aromatic carbocycles. The first kappa shape index (κ1) is 26.4. The Hall–Kier alpha value is -2.63. The van der Waals surface area contributed by atoms with Crippen molar-refractivity contribution >= 4 is 11.4 Å². The summed E-state index contributed by atoms with van der Waals surface area (Å²) in [6.07, 6.45) is 7.78. The maximum absolute atomic E-state index is 4.84. The standard InChI is InChI=1S/C31H43N5/c1-7-23(4)18-24(5)25(6)19-36(21-30-28(22(2)3)11-9-15-32-30)27-13-16-35(17-14-27)20-26-10-8-12-29-31(26)34-33-29/h8-12,15,18,22,27H,7,13-14,16-17,19-21H2,1-6H3/b23-18-,25-24+.